The smallest absolute Gasteiger partial charge is 0.338 e. The Labute approximate surface area is 127 Å². The molecule has 3 nitrogen and oxygen atoms in total. The summed E-state index contributed by atoms with van der Waals surface area (Å²) in [5.74, 6) is -0.395. The van der Waals surface area contributed by atoms with Crippen molar-refractivity contribution >= 4 is 34.9 Å². The summed E-state index contributed by atoms with van der Waals surface area (Å²) in [4.78, 5) is 12.0. The highest BCUT2D eigenvalue weighted by molar-refractivity contribution is 6.42. The average molecular weight is 310 g/mol. The van der Waals surface area contributed by atoms with E-state index in [1.54, 1.807) is 36.4 Å². The van der Waals surface area contributed by atoms with Gasteiger partial charge in [0.15, 0.2) is 0 Å². The van der Waals surface area contributed by atoms with Crippen molar-refractivity contribution in [3.63, 3.8) is 0 Å². The number of carbonyl (C=O) groups excluding carboxylic acids is 1. The zero-order valence-electron chi connectivity index (χ0n) is 10.8. The van der Waals surface area contributed by atoms with E-state index in [0.29, 0.717) is 21.3 Å². The van der Waals surface area contributed by atoms with Crippen LogP contribution in [-0.2, 0) is 11.3 Å². The van der Waals surface area contributed by atoms with Gasteiger partial charge in [-0.15, -0.1) is 0 Å². The predicted molar refractivity (Wildman–Crippen MR) is 81.2 cm³/mol. The molecule has 0 saturated carbocycles. The third-order valence-electron chi connectivity index (χ3n) is 2.82. The Morgan fingerprint density at radius 1 is 1.15 bits per heavy atom. The molecule has 0 amide bonds. The number of hydrogen-bond acceptors (Lipinski definition) is 3. The maximum Gasteiger partial charge on any atom is 0.338 e. The molecular weight excluding hydrogens is 297 g/mol. The van der Waals surface area contributed by atoms with Crippen LogP contribution in [0.1, 0.15) is 21.5 Å². The van der Waals surface area contributed by atoms with E-state index in [1.165, 1.54) is 0 Å². The van der Waals surface area contributed by atoms with Crippen molar-refractivity contribution in [2.45, 2.75) is 13.5 Å². The minimum atomic E-state index is -0.395. The number of nitrogen functional groups attached to an aromatic ring is 1. The second-order valence-corrected chi connectivity index (χ2v) is 5.21. The van der Waals surface area contributed by atoms with Gasteiger partial charge in [0, 0.05) is 5.69 Å². The molecule has 0 bridgehead atoms. The molecule has 0 spiro atoms. The normalized spacial score (nSPS) is 10.3. The number of anilines is 1. The van der Waals surface area contributed by atoms with E-state index in [9.17, 15) is 4.79 Å². The van der Waals surface area contributed by atoms with Crippen LogP contribution >= 0.6 is 23.2 Å². The SMILES string of the molecule is Cc1cc(N)ccc1C(=O)OCc1ccc(Cl)c(Cl)c1. The van der Waals surface area contributed by atoms with Crippen LogP contribution in [-0.4, -0.2) is 5.97 Å². The molecule has 2 aromatic carbocycles. The highest BCUT2D eigenvalue weighted by Gasteiger charge is 2.11. The first-order valence-electron chi connectivity index (χ1n) is 5.94. The highest BCUT2D eigenvalue weighted by Crippen LogP contribution is 2.23. The lowest BCUT2D eigenvalue weighted by molar-refractivity contribution is 0.0472. The van der Waals surface area contributed by atoms with Crippen LogP contribution in [0.3, 0.4) is 0 Å². The molecule has 0 fully saturated rings. The molecular formula is C15H13Cl2NO2. The summed E-state index contributed by atoms with van der Waals surface area (Å²) in [7, 11) is 0. The molecule has 104 valence electrons. The first-order chi connectivity index (χ1) is 9.47. The Kier molecular flexibility index (Phi) is 4.53. The quantitative estimate of drug-likeness (QED) is 0.681. The Morgan fingerprint density at radius 2 is 1.90 bits per heavy atom. The lowest BCUT2D eigenvalue weighted by Gasteiger charge is -2.08. The average Bonchev–Trinajstić information content (AvgIpc) is 2.40. The van der Waals surface area contributed by atoms with Crippen molar-refractivity contribution in [3.8, 4) is 0 Å². The van der Waals surface area contributed by atoms with Gasteiger partial charge < -0.3 is 10.5 Å². The van der Waals surface area contributed by atoms with Gasteiger partial charge in [-0.3, -0.25) is 0 Å². The molecule has 0 aliphatic heterocycles. The van der Waals surface area contributed by atoms with E-state index in [-0.39, 0.29) is 6.61 Å². The summed E-state index contributed by atoms with van der Waals surface area (Å²) in [6.07, 6.45) is 0. The number of carbonyl (C=O) groups is 1. The summed E-state index contributed by atoms with van der Waals surface area (Å²) in [5, 5.41) is 0.903. The van der Waals surface area contributed by atoms with E-state index in [4.69, 9.17) is 33.7 Å². The number of esters is 1. The Morgan fingerprint density at radius 3 is 2.55 bits per heavy atom. The number of nitrogens with two attached hydrogens (primary N) is 1. The fraction of sp³-hybridized carbons (Fsp3) is 0.133. The van der Waals surface area contributed by atoms with Gasteiger partial charge >= 0.3 is 5.97 Å². The van der Waals surface area contributed by atoms with Gasteiger partial charge in [0.2, 0.25) is 0 Å². The van der Waals surface area contributed by atoms with Gasteiger partial charge in [0.25, 0.3) is 0 Å². The number of aryl methyl sites for hydroxylation is 1. The molecule has 2 aromatic rings. The third-order valence-corrected chi connectivity index (χ3v) is 3.56. The molecule has 0 aliphatic carbocycles. The van der Waals surface area contributed by atoms with Crippen LogP contribution in [0.15, 0.2) is 36.4 Å². The Balaban J connectivity index is 2.06. The van der Waals surface area contributed by atoms with Crippen LogP contribution in [0.25, 0.3) is 0 Å². The number of rotatable bonds is 3. The maximum atomic E-state index is 12.0. The summed E-state index contributed by atoms with van der Waals surface area (Å²) >= 11 is 11.7. The van der Waals surface area contributed by atoms with E-state index < -0.39 is 5.97 Å². The van der Waals surface area contributed by atoms with Crippen molar-refractivity contribution in [3.05, 3.63) is 63.1 Å². The van der Waals surface area contributed by atoms with Crippen LogP contribution in [0, 0.1) is 6.92 Å². The van der Waals surface area contributed by atoms with Crippen molar-refractivity contribution in [1.29, 1.82) is 0 Å². The van der Waals surface area contributed by atoms with E-state index in [0.717, 1.165) is 11.1 Å². The third kappa shape index (κ3) is 3.44. The van der Waals surface area contributed by atoms with Crippen molar-refractivity contribution in [1.82, 2.24) is 0 Å². The molecule has 0 saturated heterocycles. The minimum absolute atomic E-state index is 0.138. The van der Waals surface area contributed by atoms with Crippen LogP contribution in [0.5, 0.6) is 0 Å². The van der Waals surface area contributed by atoms with E-state index in [1.807, 2.05) is 6.92 Å². The number of hydrogen-bond donors (Lipinski definition) is 1. The maximum absolute atomic E-state index is 12.0. The standard InChI is InChI=1S/C15H13Cl2NO2/c1-9-6-11(18)3-4-12(9)15(19)20-8-10-2-5-13(16)14(17)7-10/h2-7H,8,18H2,1H3. The van der Waals surface area contributed by atoms with Gasteiger partial charge in [-0.2, -0.15) is 0 Å². The summed E-state index contributed by atoms with van der Waals surface area (Å²) in [6.45, 7) is 1.95. The van der Waals surface area contributed by atoms with E-state index >= 15 is 0 Å². The molecule has 2 N–H and O–H groups in total. The fourth-order valence-electron chi connectivity index (χ4n) is 1.77. The van der Waals surface area contributed by atoms with Gasteiger partial charge in [-0.05, 0) is 48.4 Å². The molecule has 0 radical (unpaired) electrons. The van der Waals surface area contributed by atoms with Gasteiger partial charge in [-0.1, -0.05) is 29.3 Å². The van der Waals surface area contributed by atoms with Crippen LogP contribution in [0.4, 0.5) is 5.69 Å². The monoisotopic (exact) mass is 309 g/mol. The Bertz CT molecular complexity index is 656. The van der Waals surface area contributed by atoms with Crippen LogP contribution < -0.4 is 5.73 Å². The second kappa shape index (κ2) is 6.16. The van der Waals surface area contributed by atoms with Crippen molar-refractivity contribution < 1.29 is 9.53 Å². The number of halogens is 2. The Hall–Kier alpha value is -1.71. The number of ether oxygens (including phenoxy) is 1. The molecule has 0 unspecified atom stereocenters. The lowest BCUT2D eigenvalue weighted by Crippen LogP contribution is -2.07. The lowest BCUT2D eigenvalue weighted by atomic mass is 10.1. The van der Waals surface area contributed by atoms with Crippen molar-refractivity contribution in [2.75, 3.05) is 5.73 Å². The summed E-state index contributed by atoms with van der Waals surface area (Å²) < 4.78 is 5.25. The highest BCUT2D eigenvalue weighted by atomic mass is 35.5. The predicted octanol–water partition coefficient (Wildman–Crippen LogP) is 4.24. The van der Waals surface area contributed by atoms with Crippen molar-refractivity contribution in [2.24, 2.45) is 0 Å². The zero-order valence-corrected chi connectivity index (χ0v) is 12.3. The summed E-state index contributed by atoms with van der Waals surface area (Å²) in [6, 6.07) is 10.2. The minimum Gasteiger partial charge on any atom is -0.457 e. The van der Waals surface area contributed by atoms with Crippen LogP contribution in [0.2, 0.25) is 10.0 Å². The largest absolute Gasteiger partial charge is 0.457 e. The summed E-state index contributed by atoms with van der Waals surface area (Å²) in [5.41, 5.74) is 8.32. The molecule has 5 heteroatoms. The second-order valence-electron chi connectivity index (χ2n) is 4.40. The molecule has 20 heavy (non-hydrogen) atoms. The zero-order chi connectivity index (χ0) is 14.7. The topological polar surface area (TPSA) is 52.3 Å². The molecule has 0 heterocycles. The molecule has 2 rings (SSSR count). The molecule has 0 aliphatic rings. The fourth-order valence-corrected chi connectivity index (χ4v) is 2.09. The van der Waals surface area contributed by atoms with Gasteiger partial charge in [0.05, 0.1) is 15.6 Å². The first kappa shape index (κ1) is 14.7. The molecule has 0 aromatic heterocycles. The first-order valence-corrected chi connectivity index (χ1v) is 6.70. The van der Waals surface area contributed by atoms with Gasteiger partial charge in [0.1, 0.15) is 6.61 Å². The molecule has 0 atom stereocenters. The van der Waals surface area contributed by atoms with Gasteiger partial charge in [-0.25, -0.2) is 4.79 Å². The number of benzene rings is 2. The van der Waals surface area contributed by atoms with E-state index in [2.05, 4.69) is 0 Å².